The van der Waals surface area contributed by atoms with Gasteiger partial charge in [0.05, 0.1) is 24.4 Å². The zero-order valence-electron chi connectivity index (χ0n) is 15.5. The molecule has 1 aromatic carbocycles. The summed E-state index contributed by atoms with van der Waals surface area (Å²) >= 11 is 0. The second kappa shape index (κ2) is 8.73. The number of nitrogens with zero attached hydrogens (tertiary/aromatic N) is 4. The van der Waals surface area contributed by atoms with E-state index < -0.39 is 0 Å². The Morgan fingerprint density at radius 1 is 1.07 bits per heavy atom. The van der Waals surface area contributed by atoms with Crippen molar-refractivity contribution in [3.05, 3.63) is 54.4 Å². The molecule has 0 aliphatic carbocycles. The summed E-state index contributed by atoms with van der Waals surface area (Å²) in [6, 6.07) is 12.9. The minimum atomic E-state index is -0.314. The lowest BCUT2D eigenvalue weighted by atomic mass is 10.2. The van der Waals surface area contributed by atoms with Gasteiger partial charge in [0.25, 0.3) is 5.91 Å². The van der Waals surface area contributed by atoms with E-state index in [9.17, 15) is 4.79 Å². The molecule has 144 valence electrons. The highest BCUT2D eigenvalue weighted by atomic mass is 16.5. The first kappa shape index (κ1) is 18.3. The maximum atomic E-state index is 12.5. The van der Waals surface area contributed by atoms with E-state index in [1.54, 1.807) is 18.3 Å². The quantitative estimate of drug-likeness (QED) is 0.678. The van der Waals surface area contributed by atoms with Gasteiger partial charge in [-0.2, -0.15) is 0 Å². The van der Waals surface area contributed by atoms with Crippen LogP contribution in [0.2, 0.25) is 0 Å². The van der Waals surface area contributed by atoms with Crippen LogP contribution in [0, 0.1) is 0 Å². The van der Waals surface area contributed by atoms with E-state index in [1.165, 1.54) is 0 Å². The van der Waals surface area contributed by atoms with Crippen LogP contribution in [-0.4, -0.2) is 65.4 Å². The van der Waals surface area contributed by atoms with Crippen LogP contribution >= 0.6 is 0 Å². The van der Waals surface area contributed by atoms with Crippen molar-refractivity contribution in [2.24, 2.45) is 0 Å². The number of fused-ring (bicyclic) bond motifs is 1. The standard InChI is InChI=1S/C20H22N6O2/c27-20(23-16-5-1-3-15-4-2-8-22-19(15)16)17-6-7-18(25-24-17)21-9-10-26-11-13-28-14-12-26/h1-8H,9-14H2,(H,21,25)(H,23,27). The van der Waals surface area contributed by atoms with E-state index in [0.717, 1.165) is 50.3 Å². The maximum absolute atomic E-state index is 12.5. The number of carbonyl (C=O) groups is 1. The van der Waals surface area contributed by atoms with E-state index in [0.29, 0.717) is 11.5 Å². The van der Waals surface area contributed by atoms with Crippen LogP contribution in [0.3, 0.4) is 0 Å². The smallest absolute Gasteiger partial charge is 0.276 e. The lowest BCUT2D eigenvalue weighted by Crippen LogP contribution is -2.39. The average molecular weight is 378 g/mol. The van der Waals surface area contributed by atoms with Crippen LogP contribution < -0.4 is 10.6 Å². The first-order chi connectivity index (χ1) is 13.8. The predicted molar refractivity (Wildman–Crippen MR) is 107 cm³/mol. The van der Waals surface area contributed by atoms with Crippen molar-refractivity contribution in [2.45, 2.75) is 0 Å². The molecule has 2 aromatic heterocycles. The monoisotopic (exact) mass is 378 g/mol. The number of hydrogen-bond donors (Lipinski definition) is 2. The second-order valence-corrected chi connectivity index (χ2v) is 6.52. The molecule has 0 atom stereocenters. The van der Waals surface area contributed by atoms with Gasteiger partial charge in [-0.1, -0.05) is 18.2 Å². The Balaban J connectivity index is 1.34. The van der Waals surface area contributed by atoms with Gasteiger partial charge >= 0.3 is 0 Å². The Morgan fingerprint density at radius 3 is 2.75 bits per heavy atom. The van der Waals surface area contributed by atoms with Crippen molar-refractivity contribution in [3.8, 4) is 0 Å². The number of para-hydroxylation sites is 1. The highest BCUT2D eigenvalue weighted by Gasteiger charge is 2.12. The summed E-state index contributed by atoms with van der Waals surface area (Å²) in [4.78, 5) is 19.2. The van der Waals surface area contributed by atoms with Gasteiger partial charge in [0.2, 0.25) is 0 Å². The molecular formula is C20H22N6O2. The summed E-state index contributed by atoms with van der Waals surface area (Å²) in [6.07, 6.45) is 1.70. The molecule has 1 saturated heterocycles. The Morgan fingerprint density at radius 2 is 1.93 bits per heavy atom. The number of rotatable bonds is 6. The van der Waals surface area contributed by atoms with E-state index in [4.69, 9.17) is 4.74 Å². The van der Waals surface area contributed by atoms with Gasteiger partial charge in [-0.15, -0.1) is 10.2 Å². The van der Waals surface area contributed by atoms with Crippen LogP contribution in [0.1, 0.15) is 10.5 Å². The van der Waals surface area contributed by atoms with Crippen LogP contribution in [0.25, 0.3) is 10.9 Å². The Hall–Kier alpha value is -3.10. The molecule has 0 saturated carbocycles. The zero-order chi connectivity index (χ0) is 19.2. The molecule has 0 bridgehead atoms. The largest absolute Gasteiger partial charge is 0.379 e. The summed E-state index contributed by atoms with van der Waals surface area (Å²) in [6.45, 7) is 5.17. The third kappa shape index (κ3) is 4.41. The van der Waals surface area contributed by atoms with Crippen molar-refractivity contribution in [3.63, 3.8) is 0 Å². The van der Waals surface area contributed by atoms with Gasteiger partial charge in [-0.25, -0.2) is 0 Å². The van der Waals surface area contributed by atoms with Crippen molar-refractivity contribution in [2.75, 3.05) is 50.0 Å². The molecule has 8 nitrogen and oxygen atoms in total. The minimum absolute atomic E-state index is 0.256. The number of nitrogens with one attached hydrogen (secondary N) is 2. The molecule has 3 aromatic rings. The van der Waals surface area contributed by atoms with Crippen LogP contribution in [0.15, 0.2) is 48.7 Å². The molecule has 4 rings (SSSR count). The molecule has 0 spiro atoms. The molecule has 1 aliphatic heterocycles. The Kier molecular flexibility index (Phi) is 5.69. The fourth-order valence-corrected chi connectivity index (χ4v) is 3.11. The van der Waals surface area contributed by atoms with Gasteiger partial charge < -0.3 is 15.4 Å². The lowest BCUT2D eigenvalue weighted by molar-refractivity contribution is 0.0398. The SMILES string of the molecule is O=C(Nc1cccc2cccnc12)c1ccc(NCCN2CCOCC2)nn1. The summed E-state index contributed by atoms with van der Waals surface area (Å²) in [5, 5.41) is 15.2. The van der Waals surface area contributed by atoms with Crippen molar-refractivity contribution in [1.29, 1.82) is 0 Å². The molecule has 2 N–H and O–H groups in total. The number of hydrogen-bond acceptors (Lipinski definition) is 7. The number of pyridine rings is 1. The Bertz CT molecular complexity index is 936. The number of aromatic nitrogens is 3. The van der Waals surface area contributed by atoms with Crippen LogP contribution in [0.4, 0.5) is 11.5 Å². The minimum Gasteiger partial charge on any atom is -0.379 e. The van der Waals surface area contributed by atoms with Gasteiger partial charge in [0.15, 0.2) is 5.69 Å². The van der Waals surface area contributed by atoms with Gasteiger partial charge in [-0.05, 0) is 24.3 Å². The van der Waals surface area contributed by atoms with Gasteiger partial charge in [0.1, 0.15) is 5.82 Å². The molecule has 8 heteroatoms. The van der Waals surface area contributed by atoms with E-state index in [-0.39, 0.29) is 11.6 Å². The maximum Gasteiger partial charge on any atom is 0.276 e. The van der Waals surface area contributed by atoms with Crippen LogP contribution in [0.5, 0.6) is 0 Å². The molecular weight excluding hydrogens is 356 g/mol. The number of ether oxygens (including phenoxy) is 1. The lowest BCUT2D eigenvalue weighted by Gasteiger charge is -2.26. The summed E-state index contributed by atoms with van der Waals surface area (Å²) in [5.41, 5.74) is 1.65. The first-order valence-electron chi connectivity index (χ1n) is 9.32. The fourth-order valence-electron chi connectivity index (χ4n) is 3.11. The van der Waals surface area contributed by atoms with E-state index in [1.807, 2.05) is 30.3 Å². The highest BCUT2D eigenvalue weighted by Crippen LogP contribution is 2.21. The predicted octanol–water partition coefficient (Wildman–Crippen LogP) is 2.02. The molecule has 1 amide bonds. The fraction of sp³-hybridized carbons (Fsp3) is 0.300. The molecule has 1 aliphatic rings. The molecule has 0 unspecified atom stereocenters. The molecule has 28 heavy (non-hydrogen) atoms. The molecule has 3 heterocycles. The van der Waals surface area contributed by atoms with Gasteiger partial charge in [0, 0.05) is 37.8 Å². The highest BCUT2D eigenvalue weighted by molar-refractivity contribution is 6.07. The molecule has 1 fully saturated rings. The second-order valence-electron chi connectivity index (χ2n) is 6.52. The first-order valence-corrected chi connectivity index (χ1v) is 9.32. The zero-order valence-corrected chi connectivity index (χ0v) is 15.5. The van der Waals surface area contributed by atoms with Crippen LogP contribution in [-0.2, 0) is 4.74 Å². The van der Waals surface area contributed by atoms with Crippen molar-refractivity contribution in [1.82, 2.24) is 20.1 Å². The summed E-state index contributed by atoms with van der Waals surface area (Å²) in [5.74, 6) is 0.335. The van der Waals surface area contributed by atoms with Crippen molar-refractivity contribution >= 4 is 28.3 Å². The number of anilines is 2. The average Bonchev–Trinajstić information content (AvgIpc) is 2.75. The normalized spacial score (nSPS) is 14.7. The third-order valence-electron chi connectivity index (χ3n) is 4.62. The Labute approximate surface area is 162 Å². The topological polar surface area (TPSA) is 92.3 Å². The number of amides is 1. The van der Waals surface area contributed by atoms with E-state index >= 15 is 0 Å². The summed E-state index contributed by atoms with van der Waals surface area (Å²) < 4.78 is 5.34. The number of morpholine rings is 1. The van der Waals surface area contributed by atoms with Gasteiger partial charge in [-0.3, -0.25) is 14.7 Å². The third-order valence-corrected chi connectivity index (χ3v) is 4.62. The van der Waals surface area contributed by atoms with E-state index in [2.05, 4.69) is 30.7 Å². The number of benzene rings is 1. The summed E-state index contributed by atoms with van der Waals surface area (Å²) in [7, 11) is 0. The number of carbonyl (C=O) groups excluding carboxylic acids is 1. The van der Waals surface area contributed by atoms with Crippen molar-refractivity contribution < 1.29 is 9.53 Å². The molecule has 0 radical (unpaired) electrons.